The van der Waals surface area contributed by atoms with E-state index in [1.165, 1.54) is 11.3 Å². The molecule has 2 N–H and O–H groups in total. The Hall–Kier alpha value is -2.57. The van der Waals surface area contributed by atoms with E-state index in [1.807, 2.05) is 47.8 Å². The van der Waals surface area contributed by atoms with Gasteiger partial charge in [0.1, 0.15) is 5.75 Å². The van der Waals surface area contributed by atoms with Crippen LogP contribution in [-0.2, 0) is 11.2 Å². The van der Waals surface area contributed by atoms with Gasteiger partial charge in [0.15, 0.2) is 5.13 Å². The number of nitrogens with zero attached hydrogens (tertiary/aromatic N) is 1. The predicted molar refractivity (Wildman–Crippen MR) is 105 cm³/mol. The third kappa shape index (κ3) is 4.53. The Kier molecular flexibility index (Phi) is 5.75. The summed E-state index contributed by atoms with van der Waals surface area (Å²) in [5, 5.41) is 15.3. The molecule has 0 saturated heterocycles. The molecule has 2 aromatic carbocycles. The number of carboxylic acids is 1. The van der Waals surface area contributed by atoms with Crippen molar-refractivity contribution in [3.05, 3.63) is 58.4 Å². The minimum Gasteiger partial charge on any atom is -0.495 e. The summed E-state index contributed by atoms with van der Waals surface area (Å²) in [4.78, 5) is 15.2. The molecule has 0 aliphatic carbocycles. The fourth-order valence-electron chi connectivity index (χ4n) is 2.42. The molecular weight excluding hydrogens is 372 g/mol. The van der Waals surface area contributed by atoms with E-state index in [1.54, 1.807) is 7.11 Å². The summed E-state index contributed by atoms with van der Waals surface area (Å²) in [5.41, 5.74) is 3.65. The standard InChI is InChI=1S/C19H17ClN2O3S/c1-25-17-8-5-13(10-15(17)20)16-11-26-19(22-16)21-14-6-2-12(3-7-14)4-9-18(23)24/h2-3,5-8,10-11H,4,9H2,1H3,(H,21,22)(H,23,24). The Morgan fingerprint density at radius 1 is 1.27 bits per heavy atom. The predicted octanol–water partition coefficient (Wildman–Crippen LogP) is 5.23. The highest BCUT2D eigenvalue weighted by atomic mass is 35.5. The van der Waals surface area contributed by atoms with Crippen molar-refractivity contribution < 1.29 is 14.6 Å². The number of anilines is 2. The van der Waals surface area contributed by atoms with Crippen LogP contribution in [0.2, 0.25) is 5.02 Å². The van der Waals surface area contributed by atoms with Crippen LogP contribution in [-0.4, -0.2) is 23.2 Å². The highest BCUT2D eigenvalue weighted by Crippen LogP contribution is 2.32. The molecule has 1 heterocycles. The van der Waals surface area contributed by atoms with Gasteiger partial charge in [-0.2, -0.15) is 0 Å². The number of aryl methyl sites for hydroxylation is 1. The molecule has 3 aromatic rings. The number of carboxylic acid groups (broad SMARTS) is 1. The summed E-state index contributed by atoms with van der Waals surface area (Å²) >= 11 is 7.67. The normalized spacial score (nSPS) is 10.5. The number of nitrogens with one attached hydrogen (secondary N) is 1. The Labute approximate surface area is 160 Å². The van der Waals surface area contributed by atoms with Crippen LogP contribution >= 0.6 is 22.9 Å². The lowest BCUT2D eigenvalue weighted by molar-refractivity contribution is -0.136. The number of hydrogen-bond acceptors (Lipinski definition) is 5. The maximum absolute atomic E-state index is 10.6. The van der Waals surface area contributed by atoms with E-state index in [2.05, 4.69) is 10.3 Å². The van der Waals surface area contributed by atoms with Crippen LogP contribution in [0.5, 0.6) is 5.75 Å². The van der Waals surface area contributed by atoms with Crippen LogP contribution in [0.15, 0.2) is 47.8 Å². The van der Waals surface area contributed by atoms with Gasteiger partial charge in [-0.15, -0.1) is 11.3 Å². The Morgan fingerprint density at radius 3 is 2.69 bits per heavy atom. The van der Waals surface area contributed by atoms with Gasteiger partial charge in [-0.25, -0.2) is 4.98 Å². The van der Waals surface area contributed by atoms with Crippen molar-refractivity contribution in [2.75, 3.05) is 12.4 Å². The summed E-state index contributed by atoms with van der Waals surface area (Å²) in [5.74, 6) is -0.159. The first kappa shape index (κ1) is 18.2. The SMILES string of the molecule is COc1ccc(-c2csc(Nc3ccc(CCC(=O)O)cc3)n2)cc1Cl. The van der Waals surface area contributed by atoms with E-state index >= 15 is 0 Å². The minimum atomic E-state index is -0.791. The zero-order chi connectivity index (χ0) is 18.5. The van der Waals surface area contributed by atoms with Crippen LogP contribution in [0.4, 0.5) is 10.8 Å². The van der Waals surface area contributed by atoms with E-state index < -0.39 is 5.97 Å². The van der Waals surface area contributed by atoms with Gasteiger partial charge in [-0.05, 0) is 42.3 Å². The molecule has 134 valence electrons. The quantitative estimate of drug-likeness (QED) is 0.579. The molecule has 0 aliphatic heterocycles. The third-order valence-corrected chi connectivity index (χ3v) is 4.84. The van der Waals surface area contributed by atoms with Crippen LogP contribution in [0.25, 0.3) is 11.3 Å². The average Bonchev–Trinajstić information content (AvgIpc) is 3.09. The van der Waals surface area contributed by atoms with Gasteiger partial charge in [0.05, 0.1) is 17.8 Å². The largest absolute Gasteiger partial charge is 0.495 e. The van der Waals surface area contributed by atoms with E-state index in [9.17, 15) is 4.79 Å². The molecule has 26 heavy (non-hydrogen) atoms. The summed E-state index contributed by atoms with van der Waals surface area (Å²) < 4.78 is 5.17. The van der Waals surface area contributed by atoms with Crippen molar-refractivity contribution >= 4 is 39.7 Å². The first-order chi connectivity index (χ1) is 12.5. The number of halogens is 1. The summed E-state index contributed by atoms with van der Waals surface area (Å²) in [7, 11) is 1.58. The molecule has 0 saturated carbocycles. The highest BCUT2D eigenvalue weighted by Gasteiger charge is 2.08. The molecular formula is C19H17ClN2O3S. The van der Waals surface area contributed by atoms with E-state index in [0.29, 0.717) is 17.2 Å². The fourth-order valence-corrected chi connectivity index (χ4v) is 3.42. The van der Waals surface area contributed by atoms with Crippen LogP contribution in [0.1, 0.15) is 12.0 Å². The lowest BCUT2D eigenvalue weighted by Gasteiger charge is -2.05. The number of benzene rings is 2. The Balaban J connectivity index is 1.68. The van der Waals surface area contributed by atoms with E-state index in [0.717, 1.165) is 27.6 Å². The number of methoxy groups -OCH3 is 1. The number of aromatic nitrogens is 1. The van der Waals surface area contributed by atoms with Crippen molar-refractivity contribution in [2.45, 2.75) is 12.8 Å². The Bertz CT molecular complexity index is 909. The second-order valence-corrected chi connectivity index (χ2v) is 6.87. The summed E-state index contributed by atoms with van der Waals surface area (Å²) in [6.45, 7) is 0. The van der Waals surface area contributed by atoms with Crippen LogP contribution in [0.3, 0.4) is 0 Å². The molecule has 0 fully saturated rings. The molecule has 0 unspecified atom stereocenters. The lowest BCUT2D eigenvalue weighted by Crippen LogP contribution is -1.97. The topological polar surface area (TPSA) is 71.5 Å². The number of ether oxygens (including phenoxy) is 1. The zero-order valence-corrected chi connectivity index (χ0v) is 15.6. The minimum absolute atomic E-state index is 0.132. The number of carbonyl (C=O) groups is 1. The molecule has 3 rings (SSSR count). The molecule has 0 atom stereocenters. The molecule has 5 nitrogen and oxygen atoms in total. The van der Waals surface area contributed by atoms with Crippen molar-refractivity contribution in [3.8, 4) is 17.0 Å². The van der Waals surface area contributed by atoms with E-state index in [-0.39, 0.29) is 6.42 Å². The van der Waals surface area contributed by atoms with Crippen molar-refractivity contribution in [3.63, 3.8) is 0 Å². The van der Waals surface area contributed by atoms with Gasteiger partial charge in [0, 0.05) is 23.1 Å². The molecule has 0 bridgehead atoms. The van der Waals surface area contributed by atoms with Gasteiger partial charge in [0.25, 0.3) is 0 Å². The molecule has 1 aromatic heterocycles. The fraction of sp³-hybridized carbons (Fsp3) is 0.158. The van der Waals surface area contributed by atoms with Gasteiger partial charge in [-0.1, -0.05) is 23.7 Å². The number of hydrogen-bond donors (Lipinski definition) is 2. The maximum Gasteiger partial charge on any atom is 0.303 e. The molecule has 0 radical (unpaired) electrons. The summed E-state index contributed by atoms with van der Waals surface area (Å²) in [6.07, 6.45) is 0.655. The maximum atomic E-state index is 10.6. The van der Waals surface area contributed by atoms with Crippen molar-refractivity contribution in [1.29, 1.82) is 0 Å². The smallest absolute Gasteiger partial charge is 0.303 e. The average molecular weight is 389 g/mol. The van der Waals surface area contributed by atoms with E-state index in [4.69, 9.17) is 21.4 Å². The third-order valence-electron chi connectivity index (χ3n) is 3.78. The molecule has 0 spiro atoms. The second-order valence-electron chi connectivity index (χ2n) is 5.60. The van der Waals surface area contributed by atoms with Gasteiger partial charge in [0.2, 0.25) is 0 Å². The first-order valence-electron chi connectivity index (χ1n) is 7.92. The summed E-state index contributed by atoms with van der Waals surface area (Å²) in [6, 6.07) is 13.2. The zero-order valence-electron chi connectivity index (χ0n) is 14.0. The van der Waals surface area contributed by atoms with Gasteiger partial charge >= 0.3 is 5.97 Å². The first-order valence-corrected chi connectivity index (χ1v) is 9.18. The Morgan fingerprint density at radius 2 is 2.04 bits per heavy atom. The van der Waals surface area contributed by atoms with Gasteiger partial charge in [-0.3, -0.25) is 4.79 Å². The van der Waals surface area contributed by atoms with Crippen LogP contribution in [0, 0.1) is 0 Å². The lowest BCUT2D eigenvalue weighted by atomic mass is 10.1. The molecule has 7 heteroatoms. The van der Waals surface area contributed by atoms with Crippen molar-refractivity contribution in [1.82, 2.24) is 4.98 Å². The number of aliphatic carboxylic acids is 1. The number of thiazole rings is 1. The molecule has 0 amide bonds. The van der Waals surface area contributed by atoms with Crippen LogP contribution < -0.4 is 10.1 Å². The second kappa shape index (κ2) is 8.21. The molecule has 0 aliphatic rings. The highest BCUT2D eigenvalue weighted by molar-refractivity contribution is 7.14. The van der Waals surface area contributed by atoms with Crippen molar-refractivity contribution in [2.24, 2.45) is 0 Å². The monoisotopic (exact) mass is 388 g/mol. The van der Waals surface area contributed by atoms with Gasteiger partial charge < -0.3 is 15.2 Å². The number of rotatable bonds is 7.